The van der Waals surface area contributed by atoms with Crippen molar-refractivity contribution in [1.29, 1.82) is 0 Å². The average Bonchev–Trinajstić information content (AvgIpc) is 2.22. The van der Waals surface area contributed by atoms with Crippen molar-refractivity contribution in [3.05, 3.63) is 91.9 Å². The van der Waals surface area contributed by atoms with E-state index in [0.29, 0.717) is 0 Å². The van der Waals surface area contributed by atoms with Crippen LogP contribution in [0.25, 0.3) is 0 Å². The maximum absolute atomic E-state index is 8.58. The first-order valence-corrected chi connectivity index (χ1v) is 7.09. The second-order valence-electron chi connectivity index (χ2n) is 1.42. The number of rotatable bonds is 0. The Kier molecular flexibility index (Phi) is 88.1. The van der Waals surface area contributed by atoms with Crippen LogP contribution in [0.15, 0.2) is 0 Å². The molecule has 0 bridgehead atoms. The molecule has 0 aromatic heterocycles. The Morgan fingerprint density at radius 1 is 0.357 bits per heavy atom. The molecule has 28 heteroatoms. The molecule has 0 aliphatic heterocycles. The van der Waals surface area contributed by atoms with Crippen molar-refractivity contribution in [2.24, 2.45) is 0 Å². The van der Waals surface area contributed by atoms with E-state index in [1.165, 1.54) is 0 Å². The second kappa shape index (κ2) is 49.6. The molecule has 0 saturated heterocycles. The third-order valence-corrected chi connectivity index (χ3v) is 0. The Morgan fingerprint density at radius 2 is 0.357 bits per heavy atom. The molecule has 0 radical (unpaired) electrons. The van der Waals surface area contributed by atoms with Crippen LogP contribution in [0.1, 0.15) is 0 Å². The fourth-order valence-corrected chi connectivity index (χ4v) is 0. The van der Waals surface area contributed by atoms with Gasteiger partial charge in [0.1, 0.15) is 0 Å². The summed E-state index contributed by atoms with van der Waals surface area (Å²) in [5.41, 5.74) is 0. The van der Waals surface area contributed by atoms with Gasteiger partial charge in [-0.05, 0) is 0 Å². The minimum Gasteiger partial charge on any atom is 0 e. The monoisotopic (exact) mass is 880 g/mol. The van der Waals surface area contributed by atoms with Crippen LogP contribution in [0, 0.1) is 149 Å². The van der Waals surface area contributed by atoms with E-state index in [-0.39, 0.29) is 29.2 Å². The van der Waals surface area contributed by atoms with Crippen LogP contribution in [-0.4, -0.2) is 30.5 Å². The first-order chi connectivity index (χ1) is 11.8. The molecule has 0 aromatic carbocycles. The summed E-state index contributed by atoms with van der Waals surface area (Å²) in [6.45, 7) is 0. The van der Waals surface area contributed by atoms with Gasteiger partial charge in [-0.25, -0.2) is 0 Å². The van der Waals surface area contributed by atoms with E-state index < -0.39 is 58.3 Å². The van der Waals surface area contributed by atoms with Gasteiger partial charge in [0.05, 0.1) is 30.5 Å². The van der Waals surface area contributed by atoms with E-state index in [0.717, 1.165) is 0 Å². The fraction of sp³-hybridized carbons (Fsp3) is 0. The van der Waals surface area contributed by atoms with Gasteiger partial charge >= 0.3 is 32.3 Å². The van der Waals surface area contributed by atoms with Gasteiger partial charge in [-0.1, -0.05) is 0 Å². The molecule has 26 nitrogen and oxygen atoms in total. The Hall–Kier alpha value is -3.16. The summed E-state index contributed by atoms with van der Waals surface area (Å²) in [7, 11) is 0. The summed E-state index contributed by atoms with van der Waals surface area (Å²) in [5.74, 6) is 0. The molecule has 28 heavy (non-hydrogen) atoms. The summed E-state index contributed by atoms with van der Waals surface area (Å²) < 4.78 is 17.2. The van der Waals surface area contributed by atoms with Crippen LogP contribution in [0.4, 0.5) is 0 Å². The van der Waals surface area contributed by atoms with Crippen molar-refractivity contribution < 1.29 is 92.0 Å². The van der Waals surface area contributed by atoms with Crippen LogP contribution >= 0.6 is 0 Å². The zero-order valence-electron chi connectivity index (χ0n) is 11.8. The average molecular weight is 886 g/mol. The molecule has 0 N–H and O–H groups in total. The standard InChI is InChI=1S/6NO3.2O.Pu.U/c6*2-1(3)4;;;;/q6*-1;;;;+2. The number of nitrogens with zero attached hydrogens (tertiary/aromatic N) is 6. The molecule has 0 rings (SSSR count). The molecule has 0 spiro atoms. The molecule has 0 fully saturated rings. The van der Waals surface area contributed by atoms with E-state index in [1.807, 2.05) is 0 Å². The molecule has 0 heterocycles. The van der Waals surface area contributed by atoms with Gasteiger partial charge in [0, 0.05) is 29.2 Å². The predicted molar refractivity (Wildman–Crippen MR) is 63.5 cm³/mol. The van der Waals surface area contributed by atoms with E-state index in [2.05, 4.69) is 0 Å². The summed E-state index contributed by atoms with van der Waals surface area (Å²) in [6.07, 6.45) is 0. The fourth-order valence-electron chi connectivity index (χ4n) is 0. The van der Waals surface area contributed by atoms with Gasteiger partial charge in [0.15, 0.2) is 0 Å². The summed E-state index contributed by atoms with van der Waals surface area (Å²) in [5, 5.41) is 88.5. The van der Waals surface area contributed by atoms with Gasteiger partial charge in [0.25, 0.3) is 0 Å². The van der Waals surface area contributed by atoms with Crippen molar-refractivity contribution in [2.45, 2.75) is 0 Å². The Labute approximate surface area is 183 Å². The van der Waals surface area contributed by atoms with Crippen molar-refractivity contribution in [3.8, 4) is 0 Å². The maximum atomic E-state index is 8.58. The minimum atomic E-state index is -2.51. The topological polar surface area (TPSA) is 431 Å². The molecule has 0 aromatic rings. The Morgan fingerprint density at radius 3 is 0.357 bits per heavy atom. The molecule has 0 saturated carbocycles. The van der Waals surface area contributed by atoms with Crippen LogP contribution < -0.4 is 0 Å². The van der Waals surface area contributed by atoms with Gasteiger partial charge in [-0.2, -0.15) is 0 Å². The summed E-state index contributed by atoms with van der Waals surface area (Å²) in [6, 6.07) is 0. The van der Waals surface area contributed by atoms with Gasteiger partial charge in [-0.3, -0.25) is 0 Å². The normalized spacial score (nSPS) is 5.43. The number of hydrogen-bond donors (Lipinski definition) is 0. The third kappa shape index (κ3) is 1090. The minimum absolute atomic E-state index is 0. The SMILES string of the molecule is O=[N+]([O-])[O-].O=[N+]([O-])[O-].O=[N+]([O-])[O-].O=[N+]([O-])[O-].O=[N+]([O-])[O-].O=[N+]([O-])[O-].[O]=[U+2]=[O].[Pu]. The Bertz CT molecular complexity index is 335. The number of hydrogen-bond acceptors (Lipinski definition) is 20. The zero-order chi connectivity index (χ0) is 24.2. The molecule has 0 unspecified atom stereocenters. The predicted octanol–water partition coefficient (Wildman–Crippen LogP) is -1.67. The van der Waals surface area contributed by atoms with Crippen LogP contribution in [0.3, 0.4) is 0 Å². The molecule has 0 amide bonds. The van der Waals surface area contributed by atoms with Crippen molar-refractivity contribution in [1.82, 2.24) is 0 Å². The van der Waals surface area contributed by atoms with E-state index >= 15 is 0 Å². The molecular weight excluding hydrogens is 886 g/mol. The van der Waals surface area contributed by atoms with Crippen LogP contribution in [-0.2, 0) is 4.47 Å². The van der Waals surface area contributed by atoms with E-state index in [4.69, 9.17) is 96.4 Å². The molecule has 0 atom stereocenters. The molecule has 164 valence electrons. The smallest absolute Gasteiger partial charge is 0 e. The molecule has 0 aliphatic carbocycles. The van der Waals surface area contributed by atoms with Crippen molar-refractivity contribution in [3.63, 3.8) is 0 Å². The molecular formula is N6O20PuU-4. The van der Waals surface area contributed by atoms with Crippen molar-refractivity contribution >= 4 is 0 Å². The van der Waals surface area contributed by atoms with Crippen molar-refractivity contribution in [2.75, 3.05) is 0 Å². The maximum Gasteiger partial charge on any atom is 0 e. The van der Waals surface area contributed by atoms with E-state index in [1.54, 1.807) is 0 Å². The third-order valence-electron chi connectivity index (χ3n) is 0. The largest absolute Gasteiger partial charge is 0 e. The van der Waals surface area contributed by atoms with Crippen LogP contribution in [0.5, 0.6) is 0 Å². The van der Waals surface area contributed by atoms with Gasteiger partial charge < -0.3 is 91.9 Å². The zero-order valence-corrected chi connectivity index (χ0v) is 19.3. The first-order valence-electron chi connectivity index (χ1n) is 3.69. The second-order valence-corrected chi connectivity index (χ2v) is 2.12. The van der Waals surface area contributed by atoms with Gasteiger partial charge in [0.2, 0.25) is 0 Å². The quantitative estimate of drug-likeness (QED) is 0.194. The van der Waals surface area contributed by atoms with E-state index in [9.17, 15) is 0 Å². The van der Waals surface area contributed by atoms with Crippen LogP contribution in [0.2, 0.25) is 0 Å². The molecule has 0 aliphatic rings. The summed E-state index contributed by atoms with van der Waals surface area (Å²) >= 11 is -2.51. The van der Waals surface area contributed by atoms with Gasteiger partial charge in [-0.15, -0.1) is 0 Å². The first kappa shape index (κ1) is 49.8. The Balaban J connectivity index is -0.0000000277. The summed E-state index contributed by atoms with van der Waals surface area (Å²) in [4.78, 5) is 49.5.